The van der Waals surface area contributed by atoms with Crippen molar-refractivity contribution in [2.45, 2.75) is 44.9 Å². The lowest BCUT2D eigenvalue weighted by Gasteiger charge is -2.24. The third-order valence-electron chi connectivity index (χ3n) is 13.4. The molecule has 11 aromatic rings. The first kappa shape index (κ1) is 37.2. The predicted molar refractivity (Wildman–Crippen MR) is 261 cm³/mol. The molecule has 302 valence electrons. The molecule has 0 spiro atoms. The molecule has 1 aliphatic carbocycles. The van der Waals surface area contributed by atoms with E-state index in [1.807, 2.05) is 18.2 Å². The number of rotatable bonds is 6. The van der Waals surface area contributed by atoms with Gasteiger partial charge in [0.05, 0.1) is 27.8 Å². The molecule has 3 aromatic heterocycles. The summed E-state index contributed by atoms with van der Waals surface area (Å²) in [6.45, 7) is 9.63. The van der Waals surface area contributed by atoms with E-state index >= 15 is 0 Å². The van der Waals surface area contributed by atoms with Crippen molar-refractivity contribution in [1.29, 1.82) is 0 Å². The van der Waals surface area contributed by atoms with Gasteiger partial charge < -0.3 is 4.57 Å². The Morgan fingerprint density at radius 3 is 1.60 bits per heavy atom. The Morgan fingerprint density at radius 1 is 0.381 bits per heavy atom. The monoisotopic (exact) mass is 811 g/mol. The van der Waals surface area contributed by atoms with Crippen molar-refractivity contribution in [1.82, 2.24) is 24.1 Å². The van der Waals surface area contributed by atoms with E-state index in [1.165, 1.54) is 33.0 Å². The minimum atomic E-state index is 0.00896. The molecular formula is C58H45N5. The van der Waals surface area contributed by atoms with Crippen LogP contribution in [0.25, 0.3) is 100 Å². The summed E-state index contributed by atoms with van der Waals surface area (Å²) in [6, 6.07) is 67.2. The van der Waals surface area contributed by atoms with Gasteiger partial charge in [0.1, 0.15) is 0 Å². The normalized spacial score (nSPS) is 14.2. The molecule has 0 radical (unpaired) electrons. The molecule has 0 unspecified atom stereocenters. The number of nitrogens with zero attached hydrogens (tertiary/aromatic N) is 5. The van der Waals surface area contributed by atoms with Gasteiger partial charge in [-0.2, -0.15) is 9.97 Å². The highest BCUT2D eigenvalue weighted by atomic mass is 15.2. The van der Waals surface area contributed by atoms with Crippen LogP contribution in [0.3, 0.4) is 0 Å². The SMILES string of the molecule is CC1(C)CC(C)(C)c2c(-c3ccccc3-n3c4ccccc4c4ccc5c6ccccc6n(-c6nc(-c7ccccc7)nc(-c7ccccc7-c7ccccc7)n6)c5c43)cccc21. The van der Waals surface area contributed by atoms with Crippen LogP contribution in [0, 0.1) is 0 Å². The van der Waals surface area contributed by atoms with Gasteiger partial charge in [0.15, 0.2) is 11.6 Å². The molecule has 8 aromatic carbocycles. The van der Waals surface area contributed by atoms with Crippen molar-refractivity contribution >= 4 is 43.6 Å². The van der Waals surface area contributed by atoms with Crippen LogP contribution >= 0.6 is 0 Å². The number of hydrogen-bond acceptors (Lipinski definition) is 3. The van der Waals surface area contributed by atoms with Crippen LogP contribution in [-0.2, 0) is 10.8 Å². The fourth-order valence-corrected chi connectivity index (χ4v) is 11.1. The van der Waals surface area contributed by atoms with E-state index in [0.717, 1.165) is 67.2 Å². The first-order valence-electron chi connectivity index (χ1n) is 21.9. The van der Waals surface area contributed by atoms with Gasteiger partial charge in [-0.1, -0.05) is 198 Å². The molecule has 0 saturated carbocycles. The van der Waals surface area contributed by atoms with Crippen LogP contribution in [0.2, 0.25) is 0 Å². The van der Waals surface area contributed by atoms with E-state index in [9.17, 15) is 0 Å². The van der Waals surface area contributed by atoms with Crippen LogP contribution in [0.5, 0.6) is 0 Å². The quantitative estimate of drug-likeness (QED) is 0.168. The number of aromatic nitrogens is 5. The number of hydrogen-bond donors (Lipinski definition) is 0. The maximum atomic E-state index is 5.49. The average molecular weight is 812 g/mol. The third kappa shape index (κ3) is 5.73. The Balaban J connectivity index is 1.21. The first-order valence-corrected chi connectivity index (χ1v) is 21.9. The van der Waals surface area contributed by atoms with Crippen molar-refractivity contribution in [2.24, 2.45) is 0 Å². The summed E-state index contributed by atoms with van der Waals surface area (Å²) in [4.78, 5) is 16.1. The zero-order valence-corrected chi connectivity index (χ0v) is 35.8. The van der Waals surface area contributed by atoms with Crippen LogP contribution in [0.1, 0.15) is 45.2 Å². The van der Waals surface area contributed by atoms with Crippen LogP contribution in [0.4, 0.5) is 0 Å². The van der Waals surface area contributed by atoms with Crippen molar-refractivity contribution in [2.75, 3.05) is 0 Å². The summed E-state index contributed by atoms with van der Waals surface area (Å²) in [6.07, 6.45) is 1.10. The molecule has 0 fully saturated rings. The molecule has 5 nitrogen and oxygen atoms in total. The van der Waals surface area contributed by atoms with Gasteiger partial charge in [0.2, 0.25) is 5.95 Å². The number of para-hydroxylation sites is 3. The highest BCUT2D eigenvalue weighted by Crippen LogP contribution is 2.53. The van der Waals surface area contributed by atoms with Crippen LogP contribution in [0.15, 0.2) is 188 Å². The summed E-state index contributed by atoms with van der Waals surface area (Å²) < 4.78 is 4.80. The molecule has 1 aliphatic rings. The predicted octanol–water partition coefficient (Wildman–Crippen LogP) is 14.7. The first-order chi connectivity index (χ1) is 30.8. The fourth-order valence-electron chi connectivity index (χ4n) is 11.1. The smallest absolute Gasteiger partial charge is 0.238 e. The van der Waals surface area contributed by atoms with Gasteiger partial charge in [-0.05, 0) is 63.3 Å². The Morgan fingerprint density at radius 2 is 0.905 bits per heavy atom. The minimum Gasteiger partial charge on any atom is -0.307 e. The van der Waals surface area contributed by atoms with E-state index < -0.39 is 0 Å². The van der Waals surface area contributed by atoms with Crippen molar-refractivity contribution in [3.63, 3.8) is 0 Å². The van der Waals surface area contributed by atoms with E-state index in [1.54, 1.807) is 0 Å². The molecule has 0 saturated heterocycles. The fraction of sp³-hybridized carbons (Fsp3) is 0.121. The van der Waals surface area contributed by atoms with Gasteiger partial charge in [-0.3, -0.25) is 4.57 Å². The van der Waals surface area contributed by atoms with Crippen LogP contribution < -0.4 is 0 Å². The van der Waals surface area contributed by atoms with E-state index in [4.69, 9.17) is 15.0 Å². The van der Waals surface area contributed by atoms with E-state index in [0.29, 0.717) is 17.6 Å². The summed E-state index contributed by atoms with van der Waals surface area (Å²) in [7, 11) is 0. The molecule has 0 bridgehead atoms. The van der Waals surface area contributed by atoms with Crippen molar-refractivity contribution in [3.05, 3.63) is 199 Å². The molecular weight excluding hydrogens is 767 g/mol. The lowest BCUT2D eigenvalue weighted by molar-refractivity contribution is 0.403. The molecule has 0 aliphatic heterocycles. The second-order valence-corrected chi connectivity index (χ2v) is 18.3. The van der Waals surface area contributed by atoms with Gasteiger partial charge >= 0.3 is 0 Å². The molecule has 12 rings (SSSR count). The largest absolute Gasteiger partial charge is 0.307 e. The molecule has 0 atom stereocenters. The summed E-state index contributed by atoms with van der Waals surface area (Å²) in [5.74, 6) is 1.80. The van der Waals surface area contributed by atoms with Gasteiger partial charge in [-0.25, -0.2) is 4.98 Å². The molecule has 0 amide bonds. The molecule has 63 heavy (non-hydrogen) atoms. The summed E-state index contributed by atoms with van der Waals surface area (Å²) in [5, 5.41) is 4.64. The lowest BCUT2D eigenvalue weighted by Crippen LogP contribution is -2.18. The second kappa shape index (κ2) is 13.9. The topological polar surface area (TPSA) is 48.5 Å². The van der Waals surface area contributed by atoms with E-state index in [-0.39, 0.29) is 10.8 Å². The second-order valence-electron chi connectivity index (χ2n) is 18.3. The Kier molecular flexibility index (Phi) is 8.23. The maximum absolute atomic E-state index is 5.49. The number of fused-ring (bicyclic) bond motifs is 8. The standard InChI is InChI=1S/C58H45N5/c1-57(2)36-58(3,4)51-43(29-19-30-47(51)57)40-25-13-16-31-48(40)62-49-32-17-14-26-41(49)44-34-35-45-42-27-15-18-33-50(42)63(53(45)52(44)62)56-60-54(38-22-9-6-10-23-38)59-55(61-56)46-28-12-11-24-39(46)37-20-7-5-8-21-37/h5-35H,36H2,1-4H3. The maximum Gasteiger partial charge on any atom is 0.238 e. The van der Waals surface area contributed by atoms with E-state index in [2.05, 4.69) is 207 Å². The van der Waals surface area contributed by atoms with Gasteiger partial charge in [0.25, 0.3) is 0 Å². The Labute approximate surface area is 367 Å². The lowest BCUT2D eigenvalue weighted by atomic mass is 9.80. The highest BCUT2D eigenvalue weighted by molar-refractivity contribution is 6.24. The Bertz CT molecular complexity index is 3590. The molecule has 5 heteroatoms. The third-order valence-corrected chi connectivity index (χ3v) is 13.4. The van der Waals surface area contributed by atoms with Crippen LogP contribution in [-0.4, -0.2) is 24.1 Å². The molecule has 3 heterocycles. The summed E-state index contributed by atoms with van der Waals surface area (Å²) >= 11 is 0. The van der Waals surface area contributed by atoms with Gasteiger partial charge in [-0.15, -0.1) is 0 Å². The highest BCUT2D eigenvalue weighted by Gasteiger charge is 2.43. The molecule has 0 N–H and O–H groups in total. The van der Waals surface area contributed by atoms with Crippen molar-refractivity contribution < 1.29 is 0 Å². The number of benzene rings is 8. The zero-order valence-electron chi connectivity index (χ0n) is 35.8. The summed E-state index contributed by atoms with van der Waals surface area (Å²) in [5.41, 5.74) is 15.0. The van der Waals surface area contributed by atoms with Gasteiger partial charge in [0, 0.05) is 38.2 Å². The minimum absolute atomic E-state index is 0.00896. The Hall–Kier alpha value is -7.63. The van der Waals surface area contributed by atoms with Crippen molar-refractivity contribution in [3.8, 4) is 56.7 Å². The zero-order chi connectivity index (χ0) is 42.5. The average Bonchev–Trinajstić information content (AvgIpc) is 3.91.